The van der Waals surface area contributed by atoms with Crippen LogP contribution in [0.2, 0.25) is 0 Å². The normalized spacial score (nSPS) is 21.1. The van der Waals surface area contributed by atoms with E-state index < -0.39 is 11.6 Å². The minimum absolute atomic E-state index is 0.0601. The molecule has 1 heterocycles. The fourth-order valence-electron chi connectivity index (χ4n) is 2.16. The summed E-state index contributed by atoms with van der Waals surface area (Å²) < 4.78 is 5.21. The fourth-order valence-corrected chi connectivity index (χ4v) is 2.16. The van der Waals surface area contributed by atoms with Crippen LogP contribution in [0, 0.1) is 0 Å². The van der Waals surface area contributed by atoms with Crippen molar-refractivity contribution in [3.05, 3.63) is 0 Å². The van der Waals surface area contributed by atoms with E-state index in [1.807, 2.05) is 25.7 Å². The summed E-state index contributed by atoms with van der Waals surface area (Å²) in [4.78, 5) is 24.1. The quantitative estimate of drug-likeness (QED) is 0.708. The van der Waals surface area contributed by atoms with E-state index in [0.717, 1.165) is 19.4 Å². The van der Waals surface area contributed by atoms with Crippen molar-refractivity contribution >= 4 is 11.9 Å². The molecule has 1 fully saturated rings. The zero-order valence-corrected chi connectivity index (χ0v) is 11.9. The van der Waals surface area contributed by atoms with Gasteiger partial charge in [-0.05, 0) is 40.2 Å². The lowest BCUT2D eigenvalue weighted by atomic mass is 10.1. The molecule has 19 heavy (non-hydrogen) atoms. The summed E-state index contributed by atoms with van der Waals surface area (Å²) in [6, 6.07) is 0.153. The van der Waals surface area contributed by atoms with Crippen LogP contribution in [-0.4, -0.2) is 59.8 Å². The maximum absolute atomic E-state index is 11.6. The van der Waals surface area contributed by atoms with Gasteiger partial charge in [0.2, 0.25) is 0 Å². The second kappa shape index (κ2) is 6.86. The third-order valence-electron chi connectivity index (χ3n) is 2.82. The Balaban J connectivity index is 2.29. The smallest absolute Gasteiger partial charge is 0.320 e. The molecule has 0 amide bonds. The van der Waals surface area contributed by atoms with Crippen molar-refractivity contribution in [3.63, 3.8) is 0 Å². The molecule has 110 valence electrons. The lowest BCUT2D eigenvalue weighted by Crippen LogP contribution is -2.48. The van der Waals surface area contributed by atoms with Crippen molar-refractivity contribution in [3.8, 4) is 0 Å². The van der Waals surface area contributed by atoms with E-state index in [0.29, 0.717) is 6.54 Å². The lowest BCUT2D eigenvalue weighted by molar-refractivity contribution is -0.154. The molecule has 0 aliphatic carbocycles. The number of piperidine rings is 1. The highest BCUT2D eigenvalue weighted by molar-refractivity contribution is 5.72. The van der Waals surface area contributed by atoms with Crippen LogP contribution in [-0.2, 0) is 14.3 Å². The molecular weight excluding hydrogens is 248 g/mol. The topological polar surface area (TPSA) is 78.9 Å². The first-order chi connectivity index (χ1) is 8.76. The average Bonchev–Trinajstić information content (AvgIpc) is 2.23. The molecule has 0 bridgehead atoms. The Morgan fingerprint density at radius 3 is 2.68 bits per heavy atom. The van der Waals surface area contributed by atoms with E-state index in [9.17, 15) is 9.59 Å². The third-order valence-corrected chi connectivity index (χ3v) is 2.82. The Morgan fingerprint density at radius 2 is 2.11 bits per heavy atom. The number of ether oxygens (including phenoxy) is 1. The van der Waals surface area contributed by atoms with Crippen LogP contribution >= 0.6 is 0 Å². The Hall–Kier alpha value is -1.14. The van der Waals surface area contributed by atoms with Gasteiger partial charge < -0.3 is 15.2 Å². The van der Waals surface area contributed by atoms with Crippen molar-refractivity contribution < 1.29 is 19.4 Å². The molecule has 6 heteroatoms. The fraction of sp³-hybridized carbons (Fsp3) is 0.846. The van der Waals surface area contributed by atoms with Gasteiger partial charge >= 0.3 is 11.9 Å². The zero-order chi connectivity index (χ0) is 14.5. The van der Waals surface area contributed by atoms with Crippen molar-refractivity contribution in [2.45, 2.75) is 45.3 Å². The van der Waals surface area contributed by atoms with Gasteiger partial charge in [-0.25, -0.2) is 0 Å². The van der Waals surface area contributed by atoms with Crippen molar-refractivity contribution in [1.29, 1.82) is 0 Å². The van der Waals surface area contributed by atoms with Gasteiger partial charge in [-0.1, -0.05) is 0 Å². The first-order valence-electron chi connectivity index (χ1n) is 6.65. The summed E-state index contributed by atoms with van der Waals surface area (Å²) in [5, 5.41) is 11.9. The van der Waals surface area contributed by atoms with Gasteiger partial charge in [-0.3, -0.25) is 14.5 Å². The molecule has 0 spiro atoms. The van der Waals surface area contributed by atoms with Gasteiger partial charge in [0.15, 0.2) is 0 Å². The average molecular weight is 272 g/mol. The molecule has 1 aliphatic rings. The molecule has 0 radical (unpaired) electrons. The molecule has 2 N–H and O–H groups in total. The summed E-state index contributed by atoms with van der Waals surface area (Å²) in [5.41, 5.74) is -0.472. The molecule has 0 saturated carbocycles. The van der Waals surface area contributed by atoms with E-state index in [-0.39, 0.29) is 25.1 Å². The minimum atomic E-state index is -0.812. The number of rotatable bonds is 5. The van der Waals surface area contributed by atoms with Crippen LogP contribution in [0.15, 0.2) is 0 Å². The molecule has 0 unspecified atom stereocenters. The Kier molecular flexibility index (Phi) is 5.75. The molecule has 1 saturated heterocycles. The number of carbonyl (C=O) groups excluding carboxylic acids is 1. The van der Waals surface area contributed by atoms with Crippen LogP contribution in [0.25, 0.3) is 0 Å². The van der Waals surface area contributed by atoms with Gasteiger partial charge in [0.25, 0.3) is 0 Å². The van der Waals surface area contributed by atoms with Gasteiger partial charge in [0.1, 0.15) is 5.60 Å². The van der Waals surface area contributed by atoms with Crippen molar-refractivity contribution in [1.82, 2.24) is 10.2 Å². The van der Waals surface area contributed by atoms with E-state index in [1.54, 1.807) is 0 Å². The van der Waals surface area contributed by atoms with Crippen LogP contribution in [0.3, 0.4) is 0 Å². The monoisotopic (exact) mass is 272 g/mol. The van der Waals surface area contributed by atoms with Gasteiger partial charge in [-0.15, -0.1) is 0 Å². The molecule has 6 nitrogen and oxygen atoms in total. The highest BCUT2D eigenvalue weighted by Gasteiger charge is 2.22. The number of esters is 1. The summed E-state index contributed by atoms with van der Waals surface area (Å²) in [7, 11) is 0. The molecule has 1 rings (SSSR count). The van der Waals surface area contributed by atoms with Gasteiger partial charge in [-0.2, -0.15) is 0 Å². The maximum Gasteiger partial charge on any atom is 0.320 e. The summed E-state index contributed by atoms with van der Waals surface area (Å²) in [6.07, 6.45) is 1.90. The molecule has 0 aromatic carbocycles. The second-order valence-electron chi connectivity index (χ2n) is 5.94. The Bertz CT molecular complexity index is 325. The zero-order valence-electron chi connectivity index (χ0n) is 11.9. The minimum Gasteiger partial charge on any atom is -0.480 e. The molecule has 1 atom stereocenters. The number of nitrogens with zero attached hydrogens (tertiary/aromatic N) is 1. The number of carbonyl (C=O) groups is 2. The molecule has 0 aromatic heterocycles. The highest BCUT2D eigenvalue weighted by Crippen LogP contribution is 2.10. The first-order valence-corrected chi connectivity index (χ1v) is 6.65. The molecule has 1 aliphatic heterocycles. The number of hydrogen-bond acceptors (Lipinski definition) is 5. The molecular formula is C13H24N2O4. The van der Waals surface area contributed by atoms with E-state index in [2.05, 4.69) is 5.32 Å². The van der Waals surface area contributed by atoms with Crippen LogP contribution in [0.5, 0.6) is 0 Å². The van der Waals surface area contributed by atoms with Gasteiger partial charge in [0.05, 0.1) is 13.1 Å². The predicted molar refractivity (Wildman–Crippen MR) is 70.9 cm³/mol. The molecule has 0 aromatic rings. The maximum atomic E-state index is 11.6. The number of nitrogens with one attached hydrogen (secondary N) is 1. The number of carboxylic acids is 1. The summed E-state index contributed by atoms with van der Waals surface area (Å²) in [6.45, 7) is 7.19. The Morgan fingerprint density at radius 1 is 1.42 bits per heavy atom. The van der Waals surface area contributed by atoms with E-state index >= 15 is 0 Å². The summed E-state index contributed by atoms with van der Waals surface area (Å²) >= 11 is 0. The van der Waals surface area contributed by atoms with Crippen LogP contribution < -0.4 is 5.32 Å². The van der Waals surface area contributed by atoms with Gasteiger partial charge in [0, 0.05) is 12.6 Å². The third kappa shape index (κ3) is 7.12. The highest BCUT2D eigenvalue weighted by atomic mass is 16.6. The standard InChI is InChI=1S/C13H24N2O4/c1-13(2,3)19-12(18)7-14-10-5-4-6-15(8-10)9-11(16)17/h10,14H,4-9H2,1-3H3,(H,16,17)/t10-/m0/s1. The lowest BCUT2D eigenvalue weighted by Gasteiger charge is -2.32. The van der Waals surface area contributed by atoms with Crippen molar-refractivity contribution in [2.24, 2.45) is 0 Å². The van der Waals surface area contributed by atoms with E-state index in [4.69, 9.17) is 9.84 Å². The number of hydrogen-bond donors (Lipinski definition) is 2. The second-order valence-corrected chi connectivity index (χ2v) is 5.94. The van der Waals surface area contributed by atoms with E-state index in [1.165, 1.54) is 0 Å². The van der Waals surface area contributed by atoms with Crippen molar-refractivity contribution in [2.75, 3.05) is 26.2 Å². The first kappa shape index (κ1) is 15.9. The SMILES string of the molecule is CC(C)(C)OC(=O)CN[C@H]1CCCN(CC(=O)O)C1. The van der Waals surface area contributed by atoms with Crippen LogP contribution in [0.4, 0.5) is 0 Å². The number of carboxylic acid groups (broad SMARTS) is 1. The van der Waals surface area contributed by atoms with Crippen LogP contribution in [0.1, 0.15) is 33.6 Å². The number of aliphatic carboxylic acids is 1. The largest absolute Gasteiger partial charge is 0.480 e. The summed E-state index contributed by atoms with van der Waals surface area (Å²) in [5.74, 6) is -1.09. The predicted octanol–water partition coefficient (Wildman–Crippen LogP) is 0.467. The Labute approximate surface area is 114 Å². The number of likely N-dealkylation sites (tertiary alicyclic amines) is 1.